The summed E-state index contributed by atoms with van der Waals surface area (Å²) in [7, 11) is 0. The van der Waals surface area contributed by atoms with Crippen molar-refractivity contribution in [2.75, 3.05) is 0 Å². The van der Waals surface area contributed by atoms with Crippen molar-refractivity contribution in [2.45, 2.75) is 13.5 Å². The molecule has 5 heteroatoms. The molecular weight excluding hydrogens is 292 g/mol. The average Bonchev–Trinajstić information content (AvgIpc) is 3.04. The third-order valence-electron chi connectivity index (χ3n) is 2.85. The third kappa shape index (κ3) is 2.71. The van der Waals surface area contributed by atoms with Crippen LogP contribution in [0.5, 0.6) is 5.75 Å². The van der Waals surface area contributed by atoms with Crippen molar-refractivity contribution in [3.63, 3.8) is 0 Å². The Labute approximate surface area is 126 Å². The highest BCUT2D eigenvalue weighted by Gasteiger charge is 2.12. The molecule has 3 rings (SSSR count). The summed E-state index contributed by atoms with van der Waals surface area (Å²) in [5.41, 5.74) is 1.10. The third-order valence-corrected chi connectivity index (χ3v) is 4.17. The highest BCUT2D eigenvalue weighted by atomic mass is 35.5. The minimum absolute atomic E-state index is 0.482. The topological polar surface area (TPSA) is 27.1 Å². The first kappa shape index (κ1) is 13.2. The van der Waals surface area contributed by atoms with Crippen molar-refractivity contribution in [1.82, 2.24) is 9.78 Å². The number of benzene rings is 1. The first-order valence-electron chi connectivity index (χ1n) is 6.21. The predicted molar refractivity (Wildman–Crippen MR) is 82.0 cm³/mol. The fourth-order valence-electron chi connectivity index (χ4n) is 1.84. The van der Waals surface area contributed by atoms with E-state index in [9.17, 15) is 0 Å². The molecule has 0 unspecified atom stereocenters. The monoisotopic (exact) mass is 304 g/mol. The van der Waals surface area contributed by atoms with Gasteiger partial charge in [0.1, 0.15) is 11.6 Å². The maximum atomic E-state index is 6.32. The van der Waals surface area contributed by atoms with Crippen molar-refractivity contribution in [3.8, 4) is 10.8 Å². The van der Waals surface area contributed by atoms with Gasteiger partial charge in [0.15, 0.2) is 10.9 Å². The van der Waals surface area contributed by atoms with Crippen LogP contribution in [0.3, 0.4) is 0 Å². The van der Waals surface area contributed by atoms with Crippen LogP contribution in [0.2, 0.25) is 5.15 Å². The fraction of sp³-hybridized carbons (Fsp3) is 0.133. The lowest BCUT2D eigenvalue weighted by atomic mass is 10.2. The average molecular weight is 305 g/mol. The van der Waals surface area contributed by atoms with Gasteiger partial charge in [-0.25, -0.2) is 4.68 Å². The number of thiophene rings is 1. The van der Waals surface area contributed by atoms with Crippen LogP contribution in [-0.4, -0.2) is 9.78 Å². The number of halogens is 1. The first-order chi connectivity index (χ1) is 9.74. The quantitative estimate of drug-likeness (QED) is 0.711. The second kappa shape index (κ2) is 5.69. The zero-order valence-electron chi connectivity index (χ0n) is 10.9. The van der Waals surface area contributed by atoms with Gasteiger partial charge in [-0.05, 0) is 24.6 Å². The van der Waals surface area contributed by atoms with Gasteiger partial charge in [-0.2, -0.15) is 5.10 Å². The van der Waals surface area contributed by atoms with Gasteiger partial charge in [-0.15, -0.1) is 11.3 Å². The normalized spacial score (nSPS) is 10.7. The summed E-state index contributed by atoms with van der Waals surface area (Å²) in [6.45, 7) is 2.54. The number of rotatable bonds is 4. The summed E-state index contributed by atoms with van der Waals surface area (Å²) < 4.78 is 7.42. The molecule has 20 heavy (non-hydrogen) atoms. The second-order valence-corrected chi connectivity index (χ2v) is 5.99. The number of aryl methyl sites for hydroxylation is 1. The lowest BCUT2D eigenvalue weighted by Crippen LogP contribution is -1.96. The zero-order chi connectivity index (χ0) is 13.9. The van der Waals surface area contributed by atoms with Crippen LogP contribution in [0, 0.1) is 6.92 Å². The van der Waals surface area contributed by atoms with Crippen LogP contribution in [0.1, 0.15) is 10.4 Å². The molecule has 2 heterocycles. The van der Waals surface area contributed by atoms with E-state index in [4.69, 9.17) is 16.3 Å². The van der Waals surface area contributed by atoms with Crippen LogP contribution in [0.4, 0.5) is 0 Å². The van der Waals surface area contributed by atoms with Crippen molar-refractivity contribution >= 4 is 22.9 Å². The van der Waals surface area contributed by atoms with Crippen LogP contribution < -0.4 is 4.74 Å². The van der Waals surface area contributed by atoms with Crippen molar-refractivity contribution in [1.29, 1.82) is 0 Å². The molecule has 3 nitrogen and oxygen atoms in total. The molecule has 1 aromatic carbocycles. The largest absolute Gasteiger partial charge is 0.484 e. The van der Waals surface area contributed by atoms with E-state index in [1.165, 1.54) is 4.88 Å². The molecule has 3 aromatic rings. The van der Waals surface area contributed by atoms with E-state index in [2.05, 4.69) is 12.0 Å². The van der Waals surface area contributed by atoms with Crippen molar-refractivity contribution in [2.24, 2.45) is 0 Å². The Hall–Kier alpha value is -1.78. The van der Waals surface area contributed by atoms with Gasteiger partial charge in [0.2, 0.25) is 0 Å². The van der Waals surface area contributed by atoms with Crippen LogP contribution >= 0.6 is 22.9 Å². The fourth-order valence-corrected chi connectivity index (χ4v) is 2.95. The Morgan fingerprint density at radius 1 is 1.20 bits per heavy atom. The van der Waals surface area contributed by atoms with E-state index in [-0.39, 0.29) is 0 Å². The number of hydrogen-bond donors (Lipinski definition) is 0. The van der Waals surface area contributed by atoms with Gasteiger partial charge in [-0.1, -0.05) is 41.9 Å². The minimum atomic E-state index is 0.482. The molecule has 0 radical (unpaired) electrons. The number of hydrogen-bond acceptors (Lipinski definition) is 3. The van der Waals surface area contributed by atoms with Gasteiger partial charge < -0.3 is 4.74 Å². The lowest BCUT2D eigenvalue weighted by Gasteiger charge is -2.04. The van der Waals surface area contributed by atoms with Crippen LogP contribution in [0.15, 0.2) is 48.7 Å². The maximum Gasteiger partial charge on any atom is 0.177 e. The molecule has 0 atom stereocenters. The molecule has 0 aliphatic carbocycles. The molecule has 0 amide bonds. The maximum absolute atomic E-state index is 6.32. The van der Waals surface area contributed by atoms with Gasteiger partial charge in [0.05, 0.1) is 6.20 Å². The Balaban J connectivity index is 1.77. The van der Waals surface area contributed by atoms with Gasteiger partial charge >= 0.3 is 0 Å². The summed E-state index contributed by atoms with van der Waals surface area (Å²) in [6, 6.07) is 14.0. The Bertz CT molecular complexity index is 706. The lowest BCUT2D eigenvalue weighted by molar-refractivity contribution is 0.306. The molecule has 102 valence electrons. The molecule has 0 saturated carbocycles. The van der Waals surface area contributed by atoms with Crippen LogP contribution in [0.25, 0.3) is 5.00 Å². The van der Waals surface area contributed by atoms with E-state index in [1.54, 1.807) is 22.2 Å². The second-order valence-electron chi connectivity index (χ2n) is 4.37. The number of aromatic nitrogens is 2. The number of ether oxygens (including phenoxy) is 1. The smallest absolute Gasteiger partial charge is 0.177 e. The van der Waals surface area contributed by atoms with Crippen LogP contribution in [-0.2, 0) is 6.61 Å². The van der Waals surface area contributed by atoms with Gasteiger partial charge in [0, 0.05) is 4.88 Å². The van der Waals surface area contributed by atoms with Crippen molar-refractivity contribution < 1.29 is 4.74 Å². The highest BCUT2D eigenvalue weighted by Crippen LogP contribution is 2.30. The van der Waals surface area contributed by atoms with E-state index < -0.39 is 0 Å². The summed E-state index contributed by atoms with van der Waals surface area (Å²) in [4.78, 5) is 1.22. The summed E-state index contributed by atoms with van der Waals surface area (Å²) in [6.07, 6.45) is 1.65. The van der Waals surface area contributed by atoms with Crippen molar-refractivity contribution in [3.05, 3.63) is 64.3 Å². The Morgan fingerprint density at radius 2 is 2.00 bits per heavy atom. The summed E-state index contributed by atoms with van der Waals surface area (Å²) >= 11 is 7.96. The molecular formula is C15H13ClN2OS. The Kier molecular flexibility index (Phi) is 3.76. The molecule has 2 aromatic heterocycles. The number of nitrogens with zero attached hydrogens (tertiary/aromatic N) is 2. The van der Waals surface area contributed by atoms with E-state index >= 15 is 0 Å². The molecule has 0 bridgehead atoms. The molecule has 0 saturated heterocycles. The molecule has 0 aliphatic rings. The first-order valence-corrected chi connectivity index (χ1v) is 7.40. The van der Waals surface area contributed by atoms with Gasteiger partial charge in [-0.3, -0.25) is 0 Å². The molecule has 0 N–H and O–H groups in total. The van der Waals surface area contributed by atoms with Gasteiger partial charge in [0.25, 0.3) is 0 Å². The van der Waals surface area contributed by atoms with E-state index in [0.717, 1.165) is 10.6 Å². The minimum Gasteiger partial charge on any atom is -0.484 e. The molecule has 0 spiro atoms. The van der Waals surface area contributed by atoms with E-state index in [1.807, 2.05) is 42.5 Å². The summed E-state index contributed by atoms with van der Waals surface area (Å²) in [5, 5.41) is 5.77. The zero-order valence-corrected chi connectivity index (χ0v) is 12.5. The van der Waals surface area contributed by atoms with E-state index in [0.29, 0.717) is 17.5 Å². The highest BCUT2D eigenvalue weighted by molar-refractivity contribution is 7.14. The standard InChI is InChI=1S/C15H13ClN2OS/c1-11-7-8-14(20-11)18-15(16)13(9-17-18)19-10-12-5-3-2-4-6-12/h2-9H,10H2,1H3. The summed E-state index contributed by atoms with van der Waals surface area (Å²) in [5.74, 6) is 0.599. The molecule has 0 fully saturated rings. The predicted octanol–water partition coefficient (Wildman–Crippen LogP) is 4.47. The SMILES string of the molecule is Cc1ccc(-n2ncc(OCc3ccccc3)c2Cl)s1. The molecule has 0 aliphatic heterocycles. The Morgan fingerprint density at radius 3 is 2.70 bits per heavy atom.